The number of H-pyrrole nitrogens is 2. The molecule has 2 heterocycles. The van der Waals surface area contributed by atoms with Crippen LogP contribution in [0.25, 0.3) is 33.3 Å². The zero-order valence-electron chi connectivity index (χ0n) is 14.7. The number of aromatic amines is 2. The van der Waals surface area contributed by atoms with Gasteiger partial charge in [0.2, 0.25) is 0 Å². The van der Waals surface area contributed by atoms with Gasteiger partial charge in [-0.15, -0.1) is 0 Å². The van der Waals surface area contributed by atoms with Crippen LogP contribution in [0.2, 0.25) is 5.02 Å². The van der Waals surface area contributed by atoms with Gasteiger partial charge in [0.15, 0.2) is 5.78 Å². The summed E-state index contributed by atoms with van der Waals surface area (Å²) >= 11 is 6.47. The van der Waals surface area contributed by atoms with Crippen molar-refractivity contribution in [3.63, 3.8) is 0 Å². The average Bonchev–Trinajstić information content (AvgIpc) is 3.26. The lowest BCUT2D eigenvalue weighted by Crippen LogP contribution is -1.96. The van der Waals surface area contributed by atoms with Crippen molar-refractivity contribution in [2.75, 3.05) is 0 Å². The minimum atomic E-state index is 0.00196. The van der Waals surface area contributed by atoms with Crippen LogP contribution >= 0.6 is 11.6 Å². The van der Waals surface area contributed by atoms with E-state index in [-0.39, 0.29) is 5.78 Å². The summed E-state index contributed by atoms with van der Waals surface area (Å²) in [6, 6.07) is 15.9. The van der Waals surface area contributed by atoms with E-state index < -0.39 is 0 Å². The molecule has 4 aromatic rings. The average molecular weight is 363 g/mol. The van der Waals surface area contributed by atoms with Crippen molar-refractivity contribution in [3.8, 4) is 22.4 Å². The molecule has 0 saturated carbocycles. The van der Waals surface area contributed by atoms with Crippen LogP contribution in [0.3, 0.4) is 0 Å². The van der Waals surface area contributed by atoms with Gasteiger partial charge in [0.05, 0.1) is 11.4 Å². The Kier molecular flexibility index (Phi) is 4.17. The molecule has 130 valence electrons. The topological polar surface area (TPSA) is 48.6 Å². The summed E-state index contributed by atoms with van der Waals surface area (Å²) in [5.41, 5.74) is 6.66. The zero-order valence-corrected chi connectivity index (χ0v) is 15.4. The van der Waals surface area contributed by atoms with E-state index in [1.54, 1.807) is 6.92 Å². The fourth-order valence-electron chi connectivity index (χ4n) is 3.65. The van der Waals surface area contributed by atoms with E-state index >= 15 is 0 Å². The van der Waals surface area contributed by atoms with E-state index in [0.29, 0.717) is 10.7 Å². The lowest BCUT2D eigenvalue weighted by Gasteiger charge is -2.09. The molecule has 3 nitrogen and oxygen atoms in total. The Morgan fingerprint density at radius 3 is 2.54 bits per heavy atom. The van der Waals surface area contributed by atoms with Crippen LogP contribution in [0.1, 0.15) is 29.9 Å². The van der Waals surface area contributed by atoms with Gasteiger partial charge in [-0.3, -0.25) is 4.79 Å². The van der Waals surface area contributed by atoms with Gasteiger partial charge >= 0.3 is 0 Å². The summed E-state index contributed by atoms with van der Waals surface area (Å²) in [5, 5.41) is 1.78. The molecule has 0 aliphatic heterocycles. The van der Waals surface area contributed by atoms with Crippen molar-refractivity contribution in [3.05, 3.63) is 71.0 Å². The van der Waals surface area contributed by atoms with E-state index in [1.807, 2.05) is 42.6 Å². The van der Waals surface area contributed by atoms with Crippen LogP contribution in [0.4, 0.5) is 0 Å². The Labute approximate surface area is 157 Å². The molecule has 0 bridgehead atoms. The Bertz CT molecular complexity index is 1120. The monoisotopic (exact) mass is 362 g/mol. The maximum Gasteiger partial charge on any atom is 0.176 e. The Hall–Kier alpha value is -2.78. The maximum atomic E-state index is 12.4. The lowest BCUT2D eigenvalue weighted by atomic mass is 9.94. The smallest absolute Gasteiger partial charge is 0.176 e. The van der Waals surface area contributed by atoms with Gasteiger partial charge in [-0.2, -0.15) is 0 Å². The fourth-order valence-corrected chi connectivity index (χ4v) is 3.88. The molecule has 0 amide bonds. The van der Waals surface area contributed by atoms with Gasteiger partial charge in [-0.25, -0.2) is 0 Å². The second-order valence-electron chi connectivity index (χ2n) is 6.36. The molecule has 0 aliphatic rings. The van der Waals surface area contributed by atoms with Crippen molar-refractivity contribution >= 4 is 28.3 Å². The third kappa shape index (κ3) is 2.56. The second-order valence-corrected chi connectivity index (χ2v) is 6.77. The summed E-state index contributed by atoms with van der Waals surface area (Å²) in [5.74, 6) is 0.00196. The number of Topliss-reactive ketones (excluding diaryl/α,β-unsaturated/α-hetero) is 1. The Balaban J connectivity index is 2.07. The number of ketones is 1. The number of hydrogen-bond acceptors (Lipinski definition) is 1. The molecule has 4 rings (SSSR count). The minimum absolute atomic E-state index is 0.00196. The van der Waals surface area contributed by atoms with Crippen molar-refractivity contribution < 1.29 is 4.79 Å². The molecule has 0 saturated heterocycles. The normalized spacial score (nSPS) is 11.2. The van der Waals surface area contributed by atoms with E-state index in [0.717, 1.165) is 45.3 Å². The van der Waals surface area contributed by atoms with Crippen LogP contribution in [0, 0.1) is 0 Å². The molecule has 0 unspecified atom stereocenters. The van der Waals surface area contributed by atoms with Gasteiger partial charge < -0.3 is 9.97 Å². The first-order chi connectivity index (χ1) is 12.6. The molecule has 0 fully saturated rings. The largest absolute Gasteiger partial charge is 0.361 e. The predicted molar refractivity (Wildman–Crippen MR) is 108 cm³/mol. The van der Waals surface area contributed by atoms with Crippen LogP contribution in [-0.4, -0.2) is 15.8 Å². The van der Waals surface area contributed by atoms with E-state index in [2.05, 4.69) is 29.0 Å². The van der Waals surface area contributed by atoms with Crippen LogP contribution in [0.5, 0.6) is 0 Å². The molecule has 4 heteroatoms. The van der Waals surface area contributed by atoms with Crippen molar-refractivity contribution in [2.45, 2.75) is 20.3 Å². The molecule has 0 atom stereocenters. The second kappa shape index (κ2) is 6.50. The van der Waals surface area contributed by atoms with Gasteiger partial charge in [0.25, 0.3) is 0 Å². The van der Waals surface area contributed by atoms with E-state index in [9.17, 15) is 4.79 Å². The van der Waals surface area contributed by atoms with Crippen molar-refractivity contribution in [1.29, 1.82) is 0 Å². The maximum absolute atomic E-state index is 12.4. The number of benzene rings is 2. The SMILES string of the molecule is CCc1c(-c2cccc3[nH]ccc23)[nH]c(C(C)=O)c1-c1ccccc1Cl. The highest BCUT2D eigenvalue weighted by Crippen LogP contribution is 2.40. The minimum Gasteiger partial charge on any atom is -0.361 e. The fraction of sp³-hybridized carbons (Fsp3) is 0.136. The zero-order chi connectivity index (χ0) is 18.3. The highest BCUT2D eigenvalue weighted by atomic mass is 35.5. The van der Waals surface area contributed by atoms with E-state index in [1.165, 1.54) is 0 Å². The quantitative estimate of drug-likeness (QED) is 0.414. The predicted octanol–water partition coefficient (Wildman–Crippen LogP) is 6.25. The summed E-state index contributed by atoms with van der Waals surface area (Å²) < 4.78 is 0. The number of halogens is 1. The van der Waals surface area contributed by atoms with Gasteiger partial charge in [-0.1, -0.05) is 48.9 Å². The molecule has 2 N–H and O–H groups in total. The lowest BCUT2D eigenvalue weighted by molar-refractivity contribution is 0.101. The van der Waals surface area contributed by atoms with Crippen LogP contribution < -0.4 is 0 Å². The molecular weight excluding hydrogens is 344 g/mol. The number of nitrogens with one attached hydrogen (secondary N) is 2. The molecule has 2 aromatic heterocycles. The highest BCUT2D eigenvalue weighted by Gasteiger charge is 2.23. The highest BCUT2D eigenvalue weighted by molar-refractivity contribution is 6.33. The Morgan fingerprint density at radius 2 is 1.81 bits per heavy atom. The third-order valence-corrected chi connectivity index (χ3v) is 5.15. The molecule has 0 radical (unpaired) electrons. The number of carbonyl (C=O) groups excluding carboxylic acids is 1. The summed E-state index contributed by atoms with van der Waals surface area (Å²) in [6.45, 7) is 3.69. The number of rotatable bonds is 4. The summed E-state index contributed by atoms with van der Waals surface area (Å²) in [7, 11) is 0. The number of hydrogen-bond donors (Lipinski definition) is 2. The van der Waals surface area contributed by atoms with Crippen LogP contribution in [-0.2, 0) is 6.42 Å². The summed E-state index contributed by atoms with van der Waals surface area (Å²) in [4.78, 5) is 19.0. The van der Waals surface area contributed by atoms with Crippen LogP contribution in [0.15, 0.2) is 54.7 Å². The first-order valence-corrected chi connectivity index (χ1v) is 9.06. The summed E-state index contributed by atoms with van der Waals surface area (Å²) in [6.07, 6.45) is 2.73. The molecule has 2 aromatic carbocycles. The standard InChI is InChI=1S/C22H19ClN2O/c1-3-14-20(17-7-4-5-9-18(17)23)21(13(2)26)25-22(14)16-8-6-10-19-15(16)11-12-24-19/h4-12,24-25H,3H2,1-2H3. The first-order valence-electron chi connectivity index (χ1n) is 8.69. The molecule has 0 aliphatic carbocycles. The molecular formula is C22H19ClN2O. The van der Waals surface area contributed by atoms with Crippen molar-refractivity contribution in [2.24, 2.45) is 0 Å². The van der Waals surface area contributed by atoms with Gasteiger partial charge in [0, 0.05) is 45.7 Å². The third-order valence-electron chi connectivity index (χ3n) is 4.82. The Morgan fingerprint density at radius 1 is 1.04 bits per heavy atom. The van der Waals surface area contributed by atoms with Gasteiger partial charge in [-0.05, 0) is 30.2 Å². The number of aromatic nitrogens is 2. The van der Waals surface area contributed by atoms with Gasteiger partial charge in [0.1, 0.15) is 0 Å². The van der Waals surface area contributed by atoms with Crippen molar-refractivity contribution in [1.82, 2.24) is 9.97 Å². The number of carbonyl (C=O) groups is 1. The molecule has 26 heavy (non-hydrogen) atoms. The molecule has 0 spiro atoms. The first kappa shape index (κ1) is 16.7. The number of fused-ring (bicyclic) bond motifs is 1. The van der Waals surface area contributed by atoms with E-state index in [4.69, 9.17) is 11.6 Å².